The smallest absolute Gasteiger partial charge is 0.252 e. The van der Waals surface area contributed by atoms with Crippen LogP contribution in [0.3, 0.4) is 0 Å². The molecular weight excluding hydrogens is 176 g/mol. The van der Waals surface area contributed by atoms with Gasteiger partial charge in [0.2, 0.25) is 0 Å². The van der Waals surface area contributed by atoms with Crippen molar-refractivity contribution in [3.8, 4) is 6.07 Å². The highest BCUT2D eigenvalue weighted by Crippen LogP contribution is 2.06. The van der Waals surface area contributed by atoms with Crippen molar-refractivity contribution in [2.75, 3.05) is 7.05 Å². The molecule has 1 rings (SSSR count). The number of hydrogen-bond donors (Lipinski definition) is 1. The summed E-state index contributed by atoms with van der Waals surface area (Å²) in [5.41, 5.74) is 0.819. The van der Waals surface area contributed by atoms with Crippen molar-refractivity contribution in [1.29, 1.82) is 5.26 Å². The van der Waals surface area contributed by atoms with Gasteiger partial charge in [-0.25, -0.2) is 0 Å². The van der Waals surface area contributed by atoms with E-state index < -0.39 is 0 Å². The molecule has 0 radical (unpaired) electrons. The summed E-state index contributed by atoms with van der Waals surface area (Å²) in [4.78, 5) is 11.1. The van der Waals surface area contributed by atoms with Gasteiger partial charge in [0.15, 0.2) is 0 Å². The number of hydrogen-bond acceptors (Lipinski definition) is 2. The summed E-state index contributed by atoms with van der Waals surface area (Å²) in [5, 5.41) is 11.1. The Hall–Kier alpha value is -1.82. The molecule has 3 nitrogen and oxygen atoms in total. The predicted octanol–water partition coefficient (Wildman–Crippen LogP) is 1.94. The molecule has 0 aliphatic rings. The molecule has 0 saturated carbocycles. The number of nitrogens with zero attached hydrogens (tertiary/aromatic N) is 1. The summed E-state index contributed by atoms with van der Waals surface area (Å²) in [6.45, 7) is 4.00. The zero-order valence-corrected chi connectivity index (χ0v) is 8.66. The van der Waals surface area contributed by atoms with Crippen LogP contribution in [0, 0.1) is 11.3 Å². The monoisotopic (exact) mass is 190 g/mol. The SMILES string of the molecule is CC.CNC(=O)c1ccccc1C#N. The van der Waals surface area contributed by atoms with Gasteiger partial charge in [0, 0.05) is 7.05 Å². The van der Waals surface area contributed by atoms with E-state index in [1.807, 2.05) is 19.9 Å². The summed E-state index contributed by atoms with van der Waals surface area (Å²) < 4.78 is 0. The second kappa shape index (κ2) is 6.67. The highest BCUT2D eigenvalue weighted by atomic mass is 16.1. The lowest BCUT2D eigenvalue weighted by molar-refractivity contribution is 0.0963. The molecule has 74 valence electrons. The molecule has 0 fully saturated rings. The first-order chi connectivity index (χ1) is 6.79. The molecule has 0 aromatic heterocycles. The molecule has 14 heavy (non-hydrogen) atoms. The molecule has 1 aromatic carbocycles. The van der Waals surface area contributed by atoms with Crippen LogP contribution >= 0.6 is 0 Å². The lowest BCUT2D eigenvalue weighted by Crippen LogP contribution is -2.18. The van der Waals surface area contributed by atoms with Crippen LogP contribution < -0.4 is 5.32 Å². The number of nitrogens with one attached hydrogen (secondary N) is 1. The van der Waals surface area contributed by atoms with E-state index in [1.165, 1.54) is 7.05 Å². The third-order valence-corrected chi connectivity index (χ3v) is 1.52. The molecule has 1 N–H and O–H groups in total. The summed E-state index contributed by atoms with van der Waals surface area (Å²) >= 11 is 0. The lowest BCUT2D eigenvalue weighted by Gasteiger charge is -1.99. The van der Waals surface area contributed by atoms with Crippen LogP contribution in [0.15, 0.2) is 24.3 Å². The molecule has 0 atom stereocenters. The number of nitriles is 1. The van der Waals surface area contributed by atoms with E-state index in [2.05, 4.69) is 5.32 Å². The Labute approximate surface area is 84.4 Å². The molecule has 0 unspecified atom stereocenters. The van der Waals surface area contributed by atoms with E-state index >= 15 is 0 Å². The highest BCUT2D eigenvalue weighted by Gasteiger charge is 2.06. The molecule has 0 spiro atoms. The summed E-state index contributed by atoms with van der Waals surface area (Å²) in [7, 11) is 1.54. The fourth-order valence-corrected chi connectivity index (χ4v) is 0.913. The minimum absolute atomic E-state index is 0.229. The van der Waals surface area contributed by atoms with Crippen molar-refractivity contribution < 1.29 is 4.79 Å². The first-order valence-corrected chi connectivity index (χ1v) is 4.51. The van der Waals surface area contributed by atoms with Crippen molar-refractivity contribution in [1.82, 2.24) is 5.32 Å². The molecule has 0 saturated heterocycles. The number of carbonyl (C=O) groups excluding carboxylic acids is 1. The molecule has 0 aliphatic carbocycles. The summed E-state index contributed by atoms with van der Waals surface area (Å²) in [6.07, 6.45) is 0. The Bertz CT molecular complexity index is 339. The second-order valence-electron chi connectivity index (χ2n) is 2.24. The van der Waals surface area contributed by atoms with Crippen molar-refractivity contribution in [2.45, 2.75) is 13.8 Å². The topological polar surface area (TPSA) is 52.9 Å². The Morgan fingerprint density at radius 3 is 2.43 bits per heavy atom. The van der Waals surface area contributed by atoms with Gasteiger partial charge in [-0.3, -0.25) is 4.79 Å². The molecule has 1 amide bonds. The third-order valence-electron chi connectivity index (χ3n) is 1.52. The normalized spacial score (nSPS) is 7.86. The van der Waals surface area contributed by atoms with Crippen LogP contribution in [-0.2, 0) is 0 Å². The van der Waals surface area contributed by atoms with Crippen molar-refractivity contribution in [3.05, 3.63) is 35.4 Å². The molecular formula is C11H14N2O. The van der Waals surface area contributed by atoms with Gasteiger partial charge < -0.3 is 5.32 Å². The fourth-order valence-electron chi connectivity index (χ4n) is 0.913. The van der Waals surface area contributed by atoms with E-state index in [9.17, 15) is 4.79 Å². The maximum absolute atomic E-state index is 11.1. The molecule has 0 heterocycles. The van der Waals surface area contributed by atoms with Crippen LogP contribution in [0.1, 0.15) is 29.8 Å². The first-order valence-electron chi connectivity index (χ1n) is 4.51. The quantitative estimate of drug-likeness (QED) is 0.735. The Kier molecular flexibility index (Phi) is 5.80. The van der Waals surface area contributed by atoms with Gasteiger partial charge in [-0.2, -0.15) is 5.26 Å². The van der Waals surface area contributed by atoms with Crippen molar-refractivity contribution in [3.63, 3.8) is 0 Å². The number of benzene rings is 1. The maximum Gasteiger partial charge on any atom is 0.252 e. The van der Waals surface area contributed by atoms with Gasteiger partial charge in [-0.05, 0) is 12.1 Å². The van der Waals surface area contributed by atoms with E-state index in [1.54, 1.807) is 24.3 Å². The van der Waals surface area contributed by atoms with Crippen LogP contribution in [-0.4, -0.2) is 13.0 Å². The third kappa shape index (κ3) is 2.91. The van der Waals surface area contributed by atoms with Gasteiger partial charge >= 0.3 is 0 Å². The van der Waals surface area contributed by atoms with Gasteiger partial charge in [0.25, 0.3) is 5.91 Å². The summed E-state index contributed by atoms with van der Waals surface area (Å²) in [5.74, 6) is -0.229. The predicted molar refractivity (Wildman–Crippen MR) is 55.9 cm³/mol. The van der Waals surface area contributed by atoms with Crippen LogP contribution in [0.2, 0.25) is 0 Å². The minimum atomic E-state index is -0.229. The van der Waals surface area contributed by atoms with Gasteiger partial charge in [0.05, 0.1) is 17.2 Å². The van der Waals surface area contributed by atoms with Crippen LogP contribution in [0.25, 0.3) is 0 Å². The summed E-state index contributed by atoms with van der Waals surface area (Å²) in [6, 6.07) is 8.64. The first kappa shape index (κ1) is 12.2. The maximum atomic E-state index is 11.1. The Balaban J connectivity index is 0.000000791. The fraction of sp³-hybridized carbons (Fsp3) is 0.273. The zero-order valence-electron chi connectivity index (χ0n) is 8.66. The minimum Gasteiger partial charge on any atom is -0.355 e. The van der Waals surface area contributed by atoms with Crippen molar-refractivity contribution in [2.24, 2.45) is 0 Å². The standard InChI is InChI=1S/C9H8N2O.C2H6/c1-11-9(12)8-5-3-2-4-7(8)6-10;1-2/h2-5H,1H3,(H,11,12);1-2H3. The van der Waals surface area contributed by atoms with Crippen molar-refractivity contribution >= 4 is 5.91 Å². The van der Waals surface area contributed by atoms with E-state index in [-0.39, 0.29) is 5.91 Å². The number of amides is 1. The average molecular weight is 190 g/mol. The highest BCUT2D eigenvalue weighted by molar-refractivity contribution is 5.96. The van der Waals surface area contributed by atoms with E-state index in [4.69, 9.17) is 5.26 Å². The molecule has 0 bridgehead atoms. The largest absolute Gasteiger partial charge is 0.355 e. The van der Waals surface area contributed by atoms with Gasteiger partial charge in [-0.1, -0.05) is 26.0 Å². The molecule has 1 aromatic rings. The van der Waals surface area contributed by atoms with E-state index in [0.29, 0.717) is 11.1 Å². The Morgan fingerprint density at radius 1 is 1.36 bits per heavy atom. The molecule has 3 heteroatoms. The van der Waals surface area contributed by atoms with Crippen LogP contribution in [0.5, 0.6) is 0 Å². The zero-order chi connectivity index (χ0) is 11.0. The second-order valence-corrected chi connectivity index (χ2v) is 2.24. The molecule has 0 aliphatic heterocycles. The average Bonchev–Trinajstić information content (AvgIpc) is 2.30. The van der Waals surface area contributed by atoms with E-state index in [0.717, 1.165) is 0 Å². The Morgan fingerprint density at radius 2 is 1.93 bits per heavy atom. The lowest BCUT2D eigenvalue weighted by atomic mass is 10.1. The number of carbonyl (C=O) groups is 1. The van der Waals surface area contributed by atoms with Gasteiger partial charge in [0.1, 0.15) is 0 Å². The van der Waals surface area contributed by atoms with Crippen LogP contribution in [0.4, 0.5) is 0 Å². The number of rotatable bonds is 1. The van der Waals surface area contributed by atoms with Gasteiger partial charge in [-0.15, -0.1) is 0 Å².